The number of ether oxygens (including phenoxy) is 1. The Hall–Kier alpha value is -4.50. The van der Waals surface area contributed by atoms with Gasteiger partial charge >= 0.3 is 6.61 Å². The molecular formula is C29H23F3N6O3. The van der Waals surface area contributed by atoms with Gasteiger partial charge in [-0.3, -0.25) is 9.78 Å². The molecule has 1 amide bonds. The largest absolute Gasteiger partial charge is 0.434 e. The number of rotatable bonds is 4. The van der Waals surface area contributed by atoms with Gasteiger partial charge in [-0.1, -0.05) is 6.07 Å². The van der Waals surface area contributed by atoms with Gasteiger partial charge in [0.2, 0.25) is 0 Å². The molecule has 4 heterocycles. The predicted molar refractivity (Wildman–Crippen MR) is 138 cm³/mol. The number of hydrogen-bond acceptors (Lipinski definition) is 7. The first-order chi connectivity index (χ1) is 19.5. The summed E-state index contributed by atoms with van der Waals surface area (Å²) in [6.07, 6.45) is 3.70. The maximum atomic E-state index is 15.3. The van der Waals surface area contributed by atoms with E-state index in [-0.39, 0.29) is 35.8 Å². The minimum Gasteiger partial charge on any atom is -0.434 e. The molecule has 1 aliphatic heterocycles. The lowest BCUT2D eigenvalue weighted by atomic mass is 9.59. The zero-order chi connectivity index (χ0) is 28.8. The standard InChI is InChI=1S/C29H23F3N6O3/c1-28(40)11-29(12-28,13-33)24-17(30)8-14(10-34-24)18-6-7-38-25(35-18)22-16-9-19(23(22)36-38)37(2)26(39)15-4-3-5-20(21(15)16)41-27(31)32/h3-8,10,16,19,27,40H,9,11-12H2,1-2H3. The highest BCUT2D eigenvalue weighted by Gasteiger charge is 2.55. The summed E-state index contributed by atoms with van der Waals surface area (Å²) < 4.78 is 48.4. The number of fused-ring (bicyclic) bond motifs is 9. The van der Waals surface area contributed by atoms with Gasteiger partial charge in [-0.05, 0) is 37.6 Å². The number of nitriles is 1. The molecular weight excluding hydrogens is 537 g/mol. The maximum absolute atomic E-state index is 15.3. The zero-order valence-corrected chi connectivity index (χ0v) is 22.0. The number of carbonyl (C=O) groups excluding carboxylic acids is 1. The first kappa shape index (κ1) is 25.5. The third-order valence-corrected chi connectivity index (χ3v) is 8.49. The van der Waals surface area contributed by atoms with Gasteiger partial charge in [0.15, 0.2) is 5.65 Å². The van der Waals surface area contributed by atoms with E-state index >= 15 is 4.39 Å². The van der Waals surface area contributed by atoms with Gasteiger partial charge in [-0.25, -0.2) is 13.9 Å². The first-order valence-corrected chi connectivity index (χ1v) is 13.1. The Labute approximate surface area is 231 Å². The smallest absolute Gasteiger partial charge is 0.387 e. The topological polar surface area (TPSA) is 117 Å². The second kappa shape index (κ2) is 8.50. The van der Waals surface area contributed by atoms with Crippen LogP contribution < -0.4 is 4.74 Å². The molecule has 41 heavy (non-hydrogen) atoms. The van der Waals surface area contributed by atoms with Crippen molar-refractivity contribution in [1.82, 2.24) is 24.5 Å². The average Bonchev–Trinajstić information content (AvgIpc) is 3.44. The molecule has 0 saturated heterocycles. The van der Waals surface area contributed by atoms with Crippen LogP contribution in [0.4, 0.5) is 13.2 Å². The van der Waals surface area contributed by atoms with E-state index in [1.165, 1.54) is 24.4 Å². The summed E-state index contributed by atoms with van der Waals surface area (Å²) in [5.41, 5.74) is 0.897. The number of carbonyl (C=O) groups is 1. The van der Waals surface area contributed by atoms with Crippen LogP contribution in [0.2, 0.25) is 0 Å². The minimum absolute atomic E-state index is 0.0116. The van der Waals surface area contributed by atoms with Crippen molar-refractivity contribution < 1.29 is 27.8 Å². The van der Waals surface area contributed by atoms with Crippen molar-refractivity contribution in [3.63, 3.8) is 0 Å². The molecule has 0 spiro atoms. The van der Waals surface area contributed by atoms with Crippen LogP contribution in [0.3, 0.4) is 0 Å². The van der Waals surface area contributed by atoms with Gasteiger partial charge in [0.1, 0.15) is 17.0 Å². The molecule has 3 aromatic heterocycles. The Morgan fingerprint density at radius 2 is 2.02 bits per heavy atom. The summed E-state index contributed by atoms with van der Waals surface area (Å²) in [7, 11) is 1.66. The van der Waals surface area contributed by atoms with Crippen molar-refractivity contribution in [2.45, 2.75) is 55.8 Å². The Morgan fingerprint density at radius 1 is 1.24 bits per heavy atom. The number of hydrogen-bond donors (Lipinski definition) is 1. The molecule has 2 aliphatic carbocycles. The number of halogens is 3. The van der Waals surface area contributed by atoms with E-state index in [0.717, 1.165) is 0 Å². The average molecular weight is 561 g/mol. The maximum Gasteiger partial charge on any atom is 0.387 e. The van der Waals surface area contributed by atoms with Crippen molar-refractivity contribution in [3.05, 3.63) is 76.6 Å². The highest BCUT2D eigenvalue weighted by molar-refractivity contribution is 5.98. The molecule has 208 valence electrons. The molecule has 1 aromatic carbocycles. The second-order valence-corrected chi connectivity index (χ2v) is 11.3. The van der Waals surface area contributed by atoms with E-state index in [2.05, 4.69) is 16.2 Å². The van der Waals surface area contributed by atoms with Gasteiger partial charge < -0.3 is 14.7 Å². The summed E-state index contributed by atoms with van der Waals surface area (Å²) in [6, 6.07) is 9.17. The van der Waals surface area contributed by atoms with E-state index < -0.39 is 35.4 Å². The highest BCUT2D eigenvalue weighted by Crippen LogP contribution is 2.53. The van der Waals surface area contributed by atoms with E-state index in [0.29, 0.717) is 40.1 Å². The number of benzene rings is 1. The normalized spacial score (nSPS) is 26.4. The summed E-state index contributed by atoms with van der Waals surface area (Å²) in [5.74, 6) is -1.55. The van der Waals surface area contributed by atoms with Crippen LogP contribution in [-0.2, 0) is 5.41 Å². The Bertz CT molecular complexity index is 1810. The van der Waals surface area contributed by atoms with Gasteiger partial charge in [-0.2, -0.15) is 19.1 Å². The number of amides is 1. The number of pyridine rings is 1. The molecule has 1 fully saturated rings. The molecule has 4 aromatic rings. The van der Waals surface area contributed by atoms with Crippen molar-refractivity contribution in [2.75, 3.05) is 7.05 Å². The molecule has 9 nitrogen and oxygen atoms in total. The van der Waals surface area contributed by atoms with Crippen LogP contribution in [0.25, 0.3) is 16.9 Å². The Kier molecular flexibility index (Phi) is 5.28. The quantitative estimate of drug-likeness (QED) is 0.391. The second-order valence-electron chi connectivity index (χ2n) is 11.3. The highest BCUT2D eigenvalue weighted by atomic mass is 19.3. The van der Waals surface area contributed by atoms with Gasteiger partial charge in [0, 0.05) is 60.5 Å². The lowest BCUT2D eigenvalue weighted by molar-refractivity contribution is -0.0579. The molecule has 7 rings (SSSR count). The lowest BCUT2D eigenvalue weighted by Gasteiger charge is -2.46. The predicted octanol–water partition coefficient (Wildman–Crippen LogP) is 4.50. The van der Waals surface area contributed by atoms with E-state index in [4.69, 9.17) is 9.72 Å². The summed E-state index contributed by atoms with van der Waals surface area (Å²) in [6.45, 7) is -1.47. The summed E-state index contributed by atoms with van der Waals surface area (Å²) in [5, 5.41) is 24.6. The fourth-order valence-corrected chi connectivity index (χ4v) is 6.86. The van der Waals surface area contributed by atoms with Crippen molar-refractivity contribution in [2.24, 2.45) is 0 Å². The number of nitrogens with zero attached hydrogens (tertiary/aromatic N) is 6. The molecule has 2 atom stereocenters. The van der Waals surface area contributed by atoms with Crippen LogP contribution in [-0.4, -0.2) is 54.8 Å². The summed E-state index contributed by atoms with van der Waals surface area (Å²) in [4.78, 5) is 23.9. The molecule has 2 unspecified atom stereocenters. The SMILES string of the molecule is CN1C(=O)c2cccc(OC(F)F)c2C2CC1c1nn3ccc(-c4cnc(C5(C#N)CC(C)(O)C5)c(F)c4)nc3c12. The van der Waals surface area contributed by atoms with Gasteiger partial charge in [0.25, 0.3) is 5.91 Å². The van der Waals surface area contributed by atoms with Crippen LogP contribution in [0.5, 0.6) is 5.75 Å². The number of aromatic nitrogens is 4. The van der Waals surface area contributed by atoms with Crippen LogP contribution in [0.1, 0.15) is 71.0 Å². The number of alkyl halides is 2. The molecule has 0 radical (unpaired) electrons. The molecule has 1 N–H and O–H groups in total. The Morgan fingerprint density at radius 3 is 2.71 bits per heavy atom. The monoisotopic (exact) mass is 560 g/mol. The number of aliphatic hydroxyl groups is 1. The van der Waals surface area contributed by atoms with E-state index in [1.807, 2.05) is 0 Å². The van der Waals surface area contributed by atoms with Crippen molar-refractivity contribution >= 4 is 11.6 Å². The van der Waals surface area contributed by atoms with Crippen LogP contribution in [0, 0.1) is 17.1 Å². The molecule has 2 bridgehead atoms. The van der Waals surface area contributed by atoms with Crippen LogP contribution in [0.15, 0.2) is 42.7 Å². The fourth-order valence-electron chi connectivity index (χ4n) is 6.86. The molecule has 3 aliphatic rings. The Balaban J connectivity index is 1.34. The summed E-state index contributed by atoms with van der Waals surface area (Å²) >= 11 is 0. The zero-order valence-electron chi connectivity index (χ0n) is 22.0. The third-order valence-electron chi connectivity index (χ3n) is 8.49. The van der Waals surface area contributed by atoms with E-state index in [9.17, 15) is 23.9 Å². The van der Waals surface area contributed by atoms with Crippen molar-refractivity contribution in [1.29, 1.82) is 5.26 Å². The fraction of sp³-hybridized carbons (Fsp3) is 0.345. The third kappa shape index (κ3) is 3.65. The minimum atomic E-state index is -3.07. The van der Waals surface area contributed by atoms with Gasteiger partial charge in [0.05, 0.1) is 34.8 Å². The van der Waals surface area contributed by atoms with Crippen molar-refractivity contribution in [3.8, 4) is 23.1 Å². The first-order valence-electron chi connectivity index (χ1n) is 13.1. The van der Waals surface area contributed by atoms with Gasteiger partial charge in [-0.15, -0.1) is 0 Å². The lowest BCUT2D eigenvalue weighted by Crippen LogP contribution is -2.52. The molecule has 12 heteroatoms. The van der Waals surface area contributed by atoms with E-state index in [1.54, 1.807) is 41.7 Å². The molecule has 1 saturated carbocycles. The van der Waals surface area contributed by atoms with Crippen LogP contribution >= 0.6 is 0 Å².